The van der Waals surface area contributed by atoms with Crippen LogP contribution in [0.4, 0.5) is 0 Å². The molecule has 3 rings (SSSR count). The van der Waals surface area contributed by atoms with E-state index < -0.39 is 0 Å². The minimum Gasteiger partial charge on any atom is -0.492 e. The molecule has 0 radical (unpaired) electrons. The Morgan fingerprint density at radius 1 is 1.30 bits per heavy atom. The number of ether oxygens (including phenoxy) is 1. The first kappa shape index (κ1) is 13.6. The third-order valence-electron chi connectivity index (χ3n) is 3.27. The molecule has 0 spiro atoms. The van der Waals surface area contributed by atoms with Gasteiger partial charge in [-0.3, -0.25) is 0 Å². The normalized spacial score (nSPS) is 14.4. The van der Waals surface area contributed by atoms with E-state index in [1.807, 2.05) is 30.6 Å². The van der Waals surface area contributed by atoms with Crippen molar-refractivity contribution in [2.24, 2.45) is 0 Å². The van der Waals surface area contributed by atoms with Crippen LogP contribution in [0.2, 0.25) is 0 Å². The summed E-state index contributed by atoms with van der Waals surface area (Å²) in [7, 11) is 0. The number of benzene rings is 1. The average Bonchev–Trinajstić information content (AvgIpc) is 3.18. The van der Waals surface area contributed by atoms with Crippen LogP contribution in [0.1, 0.15) is 18.5 Å². The zero-order chi connectivity index (χ0) is 13.8. The van der Waals surface area contributed by atoms with Gasteiger partial charge in [0.25, 0.3) is 0 Å². The summed E-state index contributed by atoms with van der Waals surface area (Å²) in [5, 5.41) is 3.46. The lowest BCUT2D eigenvalue weighted by molar-refractivity contribution is 0.298. The minimum atomic E-state index is 0.646. The van der Waals surface area contributed by atoms with Crippen molar-refractivity contribution in [2.75, 3.05) is 6.61 Å². The highest BCUT2D eigenvalue weighted by atomic mass is 79.9. The Kier molecular flexibility index (Phi) is 4.38. The second kappa shape index (κ2) is 6.41. The zero-order valence-electron chi connectivity index (χ0n) is 11.3. The number of nitrogens with zero attached hydrogens (tertiary/aromatic N) is 2. The lowest BCUT2D eigenvalue weighted by Crippen LogP contribution is -2.15. The Morgan fingerprint density at radius 2 is 2.10 bits per heavy atom. The van der Waals surface area contributed by atoms with E-state index in [9.17, 15) is 0 Å². The fourth-order valence-electron chi connectivity index (χ4n) is 1.96. The van der Waals surface area contributed by atoms with E-state index >= 15 is 0 Å². The summed E-state index contributed by atoms with van der Waals surface area (Å²) < 4.78 is 8.83. The van der Waals surface area contributed by atoms with Gasteiger partial charge in [-0.2, -0.15) is 0 Å². The molecule has 1 fully saturated rings. The van der Waals surface area contributed by atoms with E-state index in [2.05, 4.69) is 37.0 Å². The summed E-state index contributed by atoms with van der Waals surface area (Å²) in [6.07, 6.45) is 6.57. The summed E-state index contributed by atoms with van der Waals surface area (Å²) in [6, 6.07) is 8.61. The lowest BCUT2D eigenvalue weighted by Gasteiger charge is -2.06. The monoisotopic (exact) mass is 335 g/mol. The van der Waals surface area contributed by atoms with Crippen molar-refractivity contribution in [3.63, 3.8) is 0 Å². The summed E-state index contributed by atoms with van der Waals surface area (Å²) in [5.74, 6) is 0.893. The van der Waals surface area contributed by atoms with Crippen molar-refractivity contribution in [1.82, 2.24) is 14.9 Å². The standard InChI is InChI=1S/C15H18BrN3O/c16-12-1-5-15(6-2-12)20-8-7-19-10-14(18-11-19)9-17-13-3-4-13/h1-2,5-6,10-11,13,17H,3-4,7-9H2. The molecule has 20 heavy (non-hydrogen) atoms. The van der Waals surface area contributed by atoms with Gasteiger partial charge in [-0.1, -0.05) is 15.9 Å². The maximum absolute atomic E-state index is 5.70. The van der Waals surface area contributed by atoms with E-state index in [0.717, 1.165) is 35.0 Å². The van der Waals surface area contributed by atoms with E-state index in [0.29, 0.717) is 6.61 Å². The highest BCUT2D eigenvalue weighted by Crippen LogP contribution is 2.19. The molecule has 1 N–H and O–H groups in total. The van der Waals surface area contributed by atoms with Crippen molar-refractivity contribution < 1.29 is 4.74 Å². The van der Waals surface area contributed by atoms with E-state index in [1.54, 1.807) is 0 Å². The molecule has 1 aromatic heterocycles. The molecule has 5 heteroatoms. The first-order chi connectivity index (χ1) is 9.79. The van der Waals surface area contributed by atoms with Crippen LogP contribution in [0.5, 0.6) is 5.75 Å². The highest BCUT2D eigenvalue weighted by Gasteiger charge is 2.20. The van der Waals surface area contributed by atoms with Gasteiger partial charge in [0.05, 0.1) is 18.6 Å². The van der Waals surface area contributed by atoms with Crippen LogP contribution in [0.3, 0.4) is 0 Å². The first-order valence-electron chi connectivity index (χ1n) is 6.92. The number of hydrogen-bond donors (Lipinski definition) is 1. The van der Waals surface area contributed by atoms with Gasteiger partial charge >= 0.3 is 0 Å². The molecule has 0 unspecified atom stereocenters. The average molecular weight is 336 g/mol. The summed E-state index contributed by atoms with van der Waals surface area (Å²) in [4.78, 5) is 4.39. The molecule has 1 heterocycles. The van der Waals surface area contributed by atoms with Crippen LogP contribution >= 0.6 is 15.9 Å². The van der Waals surface area contributed by atoms with Gasteiger partial charge in [-0.05, 0) is 37.1 Å². The lowest BCUT2D eigenvalue weighted by atomic mass is 10.3. The van der Waals surface area contributed by atoms with Crippen LogP contribution in [0, 0.1) is 0 Å². The number of imidazole rings is 1. The molecule has 106 valence electrons. The fourth-order valence-corrected chi connectivity index (χ4v) is 2.22. The molecule has 4 nitrogen and oxygen atoms in total. The zero-order valence-corrected chi connectivity index (χ0v) is 12.8. The molecule has 2 aromatic rings. The van der Waals surface area contributed by atoms with Crippen molar-refractivity contribution in [1.29, 1.82) is 0 Å². The van der Waals surface area contributed by atoms with Crippen LogP contribution in [-0.2, 0) is 13.1 Å². The van der Waals surface area contributed by atoms with Gasteiger partial charge in [-0.15, -0.1) is 0 Å². The summed E-state index contributed by atoms with van der Waals surface area (Å²) in [6.45, 7) is 2.32. The van der Waals surface area contributed by atoms with Gasteiger partial charge in [0.15, 0.2) is 0 Å². The van der Waals surface area contributed by atoms with E-state index in [-0.39, 0.29) is 0 Å². The maximum Gasteiger partial charge on any atom is 0.119 e. The topological polar surface area (TPSA) is 39.1 Å². The van der Waals surface area contributed by atoms with Crippen LogP contribution in [0.15, 0.2) is 41.3 Å². The van der Waals surface area contributed by atoms with Gasteiger partial charge in [0.2, 0.25) is 0 Å². The number of hydrogen-bond acceptors (Lipinski definition) is 3. The van der Waals surface area contributed by atoms with Crippen molar-refractivity contribution in [2.45, 2.75) is 32.0 Å². The Morgan fingerprint density at radius 3 is 2.85 bits per heavy atom. The molecule has 1 saturated carbocycles. The Balaban J connectivity index is 1.42. The molecule has 1 aliphatic rings. The summed E-state index contributed by atoms with van der Waals surface area (Å²) >= 11 is 3.41. The molecule has 1 aromatic carbocycles. The molecule has 0 amide bonds. The second-order valence-corrected chi connectivity index (χ2v) is 5.98. The third-order valence-corrected chi connectivity index (χ3v) is 3.80. The molecule has 0 bridgehead atoms. The van der Waals surface area contributed by atoms with Gasteiger partial charge in [-0.25, -0.2) is 4.98 Å². The molecule has 0 atom stereocenters. The van der Waals surface area contributed by atoms with Crippen molar-refractivity contribution >= 4 is 15.9 Å². The largest absolute Gasteiger partial charge is 0.492 e. The van der Waals surface area contributed by atoms with E-state index in [4.69, 9.17) is 4.74 Å². The smallest absolute Gasteiger partial charge is 0.119 e. The molecule has 0 aliphatic heterocycles. The molecule has 1 aliphatic carbocycles. The molecule has 0 saturated heterocycles. The molecular weight excluding hydrogens is 318 g/mol. The van der Waals surface area contributed by atoms with Crippen molar-refractivity contribution in [3.8, 4) is 5.75 Å². The quantitative estimate of drug-likeness (QED) is 0.845. The minimum absolute atomic E-state index is 0.646. The van der Waals surface area contributed by atoms with Crippen LogP contribution in [0.25, 0.3) is 0 Å². The number of rotatable bonds is 7. The van der Waals surface area contributed by atoms with Crippen LogP contribution in [-0.4, -0.2) is 22.2 Å². The fraction of sp³-hybridized carbons (Fsp3) is 0.400. The van der Waals surface area contributed by atoms with Crippen LogP contribution < -0.4 is 10.1 Å². The van der Waals surface area contributed by atoms with Gasteiger partial charge in [0, 0.05) is 23.3 Å². The third kappa shape index (κ3) is 4.08. The number of nitrogens with one attached hydrogen (secondary N) is 1. The first-order valence-corrected chi connectivity index (χ1v) is 7.71. The van der Waals surface area contributed by atoms with Crippen molar-refractivity contribution in [3.05, 3.63) is 47.0 Å². The maximum atomic E-state index is 5.70. The Labute approximate surface area is 127 Å². The Hall–Kier alpha value is -1.33. The number of halogens is 1. The predicted octanol–water partition coefficient (Wildman–Crippen LogP) is 2.98. The van der Waals surface area contributed by atoms with Gasteiger partial charge < -0.3 is 14.6 Å². The van der Waals surface area contributed by atoms with Gasteiger partial charge in [0.1, 0.15) is 12.4 Å². The predicted molar refractivity (Wildman–Crippen MR) is 81.7 cm³/mol. The molecular formula is C15H18BrN3O. The highest BCUT2D eigenvalue weighted by molar-refractivity contribution is 9.10. The number of aromatic nitrogens is 2. The summed E-state index contributed by atoms with van der Waals surface area (Å²) in [5.41, 5.74) is 1.10. The second-order valence-electron chi connectivity index (χ2n) is 5.06. The Bertz CT molecular complexity index is 549. The van der Waals surface area contributed by atoms with E-state index in [1.165, 1.54) is 12.8 Å². The SMILES string of the molecule is Brc1ccc(OCCn2cnc(CNC3CC3)c2)cc1.